The number of halogens is 2. The van der Waals surface area contributed by atoms with Gasteiger partial charge in [0.1, 0.15) is 5.82 Å². The number of nitrogens with zero attached hydrogens (tertiary/aromatic N) is 3. The SMILES string of the molecule is CNc1cc(C)nc(N2CCC3(CCNCC3)CC2)n1.Cl.Cl. The first kappa shape index (κ1) is 19.3. The van der Waals surface area contributed by atoms with E-state index >= 15 is 0 Å². The molecule has 3 heterocycles. The molecule has 2 fully saturated rings. The summed E-state index contributed by atoms with van der Waals surface area (Å²) >= 11 is 0. The van der Waals surface area contributed by atoms with Crippen LogP contribution in [0.4, 0.5) is 11.8 Å². The minimum atomic E-state index is 0. The van der Waals surface area contributed by atoms with Gasteiger partial charge in [0, 0.05) is 31.9 Å². The highest BCUT2D eigenvalue weighted by Crippen LogP contribution is 2.40. The number of aromatic nitrogens is 2. The molecule has 0 atom stereocenters. The predicted octanol–water partition coefficient (Wildman–Crippen LogP) is 2.64. The van der Waals surface area contributed by atoms with Crippen LogP contribution in [-0.2, 0) is 0 Å². The van der Waals surface area contributed by atoms with Gasteiger partial charge in [-0.15, -0.1) is 24.8 Å². The molecular weight excluding hydrogens is 321 g/mol. The van der Waals surface area contributed by atoms with Gasteiger partial charge in [-0.05, 0) is 51.1 Å². The molecule has 0 amide bonds. The first-order chi connectivity index (χ1) is 9.71. The summed E-state index contributed by atoms with van der Waals surface area (Å²) in [6.07, 6.45) is 5.22. The normalized spacial score (nSPS) is 20.0. The fraction of sp³-hybridized carbons (Fsp3) is 0.733. The third-order valence-electron chi connectivity index (χ3n) is 4.87. The second-order valence-corrected chi connectivity index (χ2v) is 6.18. The predicted molar refractivity (Wildman–Crippen MR) is 96.8 cm³/mol. The Morgan fingerprint density at radius 1 is 1.09 bits per heavy atom. The molecule has 0 aromatic carbocycles. The van der Waals surface area contributed by atoms with Crippen molar-refractivity contribution in [1.29, 1.82) is 0 Å². The summed E-state index contributed by atoms with van der Waals surface area (Å²) in [6.45, 7) is 6.58. The fourth-order valence-corrected chi connectivity index (χ4v) is 3.46. The van der Waals surface area contributed by atoms with Gasteiger partial charge < -0.3 is 15.5 Å². The Balaban J connectivity index is 0.00000121. The largest absolute Gasteiger partial charge is 0.373 e. The van der Waals surface area contributed by atoms with Crippen molar-refractivity contribution in [3.05, 3.63) is 11.8 Å². The zero-order valence-electron chi connectivity index (χ0n) is 13.4. The molecule has 1 spiro atoms. The van der Waals surface area contributed by atoms with Crippen LogP contribution >= 0.6 is 24.8 Å². The summed E-state index contributed by atoms with van der Waals surface area (Å²) in [4.78, 5) is 11.6. The first-order valence-corrected chi connectivity index (χ1v) is 7.70. The van der Waals surface area contributed by atoms with Crippen molar-refractivity contribution in [3.63, 3.8) is 0 Å². The number of piperidine rings is 2. The standard InChI is InChI=1S/C15H25N5.2ClH/c1-12-11-13(16-2)19-14(18-12)20-9-5-15(6-10-20)3-7-17-8-4-15;;/h11,17H,3-10H2,1-2H3,(H,16,18,19);2*1H. The molecule has 0 radical (unpaired) electrons. The molecule has 2 saturated heterocycles. The maximum Gasteiger partial charge on any atom is 0.227 e. The minimum absolute atomic E-state index is 0. The molecule has 1 aromatic heterocycles. The molecule has 2 N–H and O–H groups in total. The third kappa shape index (κ3) is 4.15. The van der Waals surface area contributed by atoms with Crippen molar-refractivity contribution in [3.8, 4) is 0 Å². The van der Waals surface area contributed by atoms with Gasteiger partial charge in [0.15, 0.2) is 0 Å². The quantitative estimate of drug-likeness (QED) is 0.861. The second kappa shape index (κ2) is 8.18. The molecule has 2 aliphatic heterocycles. The van der Waals surface area contributed by atoms with Crippen molar-refractivity contribution in [1.82, 2.24) is 15.3 Å². The second-order valence-electron chi connectivity index (χ2n) is 6.18. The molecule has 3 rings (SSSR count). The molecule has 0 bridgehead atoms. The van der Waals surface area contributed by atoms with E-state index in [1.165, 1.54) is 38.8 Å². The average Bonchev–Trinajstić information content (AvgIpc) is 2.48. The first-order valence-electron chi connectivity index (χ1n) is 7.70. The van der Waals surface area contributed by atoms with Gasteiger partial charge in [-0.2, -0.15) is 4.98 Å². The van der Waals surface area contributed by atoms with Crippen LogP contribution in [0.5, 0.6) is 0 Å². The van der Waals surface area contributed by atoms with Crippen LogP contribution in [0.15, 0.2) is 6.07 Å². The fourth-order valence-electron chi connectivity index (χ4n) is 3.46. The molecule has 2 aliphatic rings. The Labute approximate surface area is 145 Å². The van der Waals surface area contributed by atoms with Gasteiger partial charge >= 0.3 is 0 Å². The summed E-state index contributed by atoms with van der Waals surface area (Å²) < 4.78 is 0. The average molecular weight is 348 g/mol. The van der Waals surface area contributed by atoms with Crippen LogP contribution < -0.4 is 15.5 Å². The highest BCUT2D eigenvalue weighted by Gasteiger charge is 2.36. The Kier molecular flexibility index (Phi) is 7.16. The van der Waals surface area contributed by atoms with Gasteiger partial charge in [0.25, 0.3) is 0 Å². The summed E-state index contributed by atoms with van der Waals surface area (Å²) in [6, 6.07) is 1.99. The Morgan fingerprint density at radius 3 is 2.32 bits per heavy atom. The maximum absolute atomic E-state index is 4.60. The number of anilines is 2. The van der Waals surface area contributed by atoms with E-state index in [9.17, 15) is 0 Å². The van der Waals surface area contributed by atoms with Crippen molar-refractivity contribution < 1.29 is 0 Å². The minimum Gasteiger partial charge on any atom is -0.373 e. The highest BCUT2D eigenvalue weighted by atomic mass is 35.5. The van der Waals surface area contributed by atoms with Crippen molar-refractivity contribution in [2.75, 3.05) is 43.4 Å². The van der Waals surface area contributed by atoms with Crippen LogP contribution in [0.25, 0.3) is 0 Å². The third-order valence-corrected chi connectivity index (χ3v) is 4.87. The number of rotatable bonds is 2. The summed E-state index contributed by atoms with van der Waals surface area (Å²) in [5.41, 5.74) is 1.61. The van der Waals surface area contributed by atoms with Crippen LogP contribution in [-0.4, -0.2) is 43.2 Å². The summed E-state index contributed by atoms with van der Waals surface area (Å²) in [5, 5.41) is 6.59. The van der Waals surface area contributed by atoms with Gasteiger partial charge in [-0.3, -0.25) is 0 Å². The smallest absolute Gasteiger partial charge is 0.227 e. The topological polar surface area (TPSA) is 53.1 Å². The van der Waals surface area contributed by atoms with Gasteiger partial charge in [-0.25, -0.2) is 4.98 Å². The lowest BCUT2D eigenvalue weighted by molar-refractivity contribution is 0.154. The van der Waals surface area contributed by atoms with Crippen molar-refractivity contribution in [2.24, 2.45) is 5.41 Å². The Hall–Kier alpha value is -0.780. The number of aryl methyl sites for hydroxylation is 1. The van der Waals surface area contributed by atoms with E-state index in [2.05, 4.69) is 25.5 Å². The molecule has 126 valence electrons. The van der Waals surface area contributed by atoms with Crippen molar-refractivity contribution >= 4 is 36.6 Å². The van der Waals surface area contributed by atoms with E-state index < -0.39 is 0 Å². The van der Waals surface area contributed by atoms with Crippen LogP contribution in [0.1, 0.15) is 31.4 Å². The zero-order valence-corrected chi connectivity index (χ0v) is 15.0. The van der Waals surface area contributed by atoms with E-state index in [1.807, 2.05) is 20.0 Å². The molecular formula is C15H27Cl2N5. The molecule has 7 heteroatoms. The molecule has 0 unspecified atom stereocenters. The molecule has 5 nitrogen and oxygen atoms in total. The lowest BCUT2D eigenvalue weighted by Gasteiger charge is -2.44. The van der Waals surface area contributed by atoms with E-state index in [1.54, 1.807) is 0 Å². The van der Waals surface area contributed by atoms with E-state index in [4.69, 9.17) is 0 Å². The Bertz CT molecular complexity index is 467. The monoisotopic (exact) mass is 347 g/mol. The molecule has 22 heavy (non-hydrogen) atoms. The van der Waals surface area contributed by atoms with Crippen LogP contribution in [0.3, 0.4) is 0 Å². The van der Waals surface area contributed by atoms with Crippen molar-refractivity contribution in [2.45, 2.75) is 32.6 Å². The van der Waals surface area contributed by atoms with Gasteiger partial charge in [-0.1, -0.05) is 0 Å². The highest BCUT2D eigenvalue weighted by molar-refractivity contribution is 5.85. The molecule has 0 aliphatic carbocycles. The molecule has 0 saturated carbocycles. The number of hydrogen-bond donors (Lipinski definition) is 2. The van der Waals surface area contributed by atoms with Gasteiger partial charge in [0.2, 0.25) is 5.95 Å². The zero-order chi connectivity index (χ0) is 14.0. The number of hydrogen-bond acceptors (Lipinski definition) is 5. The van der Waals surface area contributed by atoms with Crippen LogP contribution in [0.2, 0.25) is 0 Å². The maximum atomic E-state index is 4.60. The lowest BCUT2D eigenvalue weighted by atomic mass is 9.72. The van der Waals surface area contributed by atoms with Gasteiger partial charge in [0.05, 0.1) is 0 Å². The summed E-state index contributed by atoms with van der Waals surface area (Å²) in [7, 11) is 1.91. The van der Waals surface area contributed by atoms with Crippen LogP contribution in [0, 0.1) is 12.3 Å². The van der Waals surface area contributed by atoms with E-state index in [0.717, 1.165) is 30.5 Å². The van der Waals surface area contributed by atoms with E-state index in [-0.39, 0.29) is 24.8 Å². The Morgan fingerprint density at radius 2 is 1.73 bits per heavy atom. The van der Waals surface area contributed by atoms with E-state index in [0.29, 0.717) is 5.41 Å². The lowest BCUT2D eigenvalue weighted by Crippen LogP contribution is -2.46. The summed E-state index contributed by atoms with van der Waals surface area (Å²) in [5.74, 6) is 1.80. The molecule has 1 aromatic rings. The number of nitrogens with one attached hydrogen (secondary N) is 2.